The second-order valence-corrected chi connectivity index (χ2v) is 7.40. The van der Waals surface area contributed by atoms with Crippen molar-refractivity contribution in [2.75, 3.05) is 0 Å². The fourth-order valence-corrected chi connectivity index (χ4v) is 3.25. The number of rotatable bonds is 7. The number of hydrogen-bond acceptors (Lipinski definition) is 1. The molecule has 3 unspecified atom stereocenters. The molecule has 0 aromatic rings. The number of carbonyl (C=O) groups excluding carboxylic acids is 1. The van der Waals surface area contributed by atoms with Gasteiger partial charge in [-0.1, -0.05) is 33.6 Å². The van der Waals surface area contributed by atoms with Crippen LogP contribution >= 0.6 is 0 Å². The van der Waals surface area contributed by atoms with E-state index in [4.69, 9.17) is 0 Å². The first-order valence-electron chi connectivity index (χ1n) is 7.99. The van der Waals surface area contributed by atoms with E-state index in [9.17, 15) is 9.18 Å². The highest BCUT2D eigenvalue weighted by atomic mass is 19.1. The Kier molecular flexibility index (Phi) is 6.49. The van der Waals surface area contributed by atoms with E-state index < -0.39 is 5.67 Å². The van der Waals surface area contributed by atoms with Gasteiger partial charge >= 0.3 is 0 Å². The van der Waals surface area contributed by atoms with Gasteiger partial charge in [0.2, 0.25) is 0 Å². The standard InChI is InChI=1S/C17H31FO/c1-13(2)7-8-14(3)10-16(19)11-15-6-5-9-17(4,18)12-15/h13-15H,5-12H2,1-4H3. The first-order chi connectivity index (χ1) is 8.78. The summed E-state index contributed by atoms with van der Waals surface area (Å²) in [7, 11) is 0. The second kappa shape index (κ2) is 7.40. The molecule has 0 radical (unpaired) electrons. The predicted molar refractivity (Wildman–Crippen MR) is 78.9 cm³/mol. The fraction of sp³-hybridized carbons (Fsp3) is 0.941. The van der Waals surface area contributed by atoms with Crippen LogP contribution in [0.25, 0.3) is 0 Å². The zero-order valence-corrected chi connectivity index (χ0v) is 13.2. The van der Waals surface area contributed by atoms with Gasteiger partial charge in [-0.3, -0.25) is 4.79 Å². The smallest absolute Gasteiger partial charge is 0.133 e. The molecule has 0 N–H and O–H groups in total. The Morgan fingerprint density at radius 3 is 2.58 bits per heavy atom. The van der Waals surface area contributed by atoms with Crippen molar-refractivity contribution < 1.29 is 9.18 Å². The summed E-state index contributed by atoms with van der Waals surface area (Å²) < 4.78 is 13.9. The Morgan fingerprint density at radius 1 is 1.32 bits per heavy atom. The van der Waals surface area contributed by atoms with Gasteiger partial charge in [-0.15, -0.1) is 0 Å². The van der Waals surface area contributed by atoms with Gasteiger partial charge in [-0.25, -0.2) is 4.39 Å². The van der Waals surface area contributed by atoms with E-state index in [1.54, 1.807) is 6.92 Å². The van der Waals surface area contributed by atoms with Gasteiger partial charge in [0.15, 0.2) is 0 Å². The summed E-state index contributed by atoms with van der Waals surface area (Å²) in [6, 6.07) is 0. The molecular weight excluding hydrogens is 239 g/mol. The molecule has 0 aromatic heterocycles. The number of carbonyl (C=O) groups is 1. The predicted octanol–water partition coefficient (Wildman–Crippen LogP) is 5.33. The molecule has 0 aliphatic heterocycles. The molecule has 0 amide bonds. The fourth-order valence-electron chi connectivity index (χ4n) is 3.25. The number of alkyl halides is 1. The summed E-state index contributed by atoms with van der Waals surface area (Å²) in [6.45, 7) is 8.30. The average molecular weight is 270 g/mol. The molecule has 1 aliphatic rings. The van der Waals surface area contributed by atoms with E-state index in [1.165, 1.54) is 6.42 Å². The minimum atomic E-state index is -1.04. The van der Waals surface area contributed by atoms with Crippen molar-refractivity contribution in [3.05, 3.63) is 0 Å². The second-order valence-electron chi connectivity index (χ2n) is 7.40. The third-order valence-corrected chi connectivity index (χ3v) is 4.35. The molecule has 0 aromatic carbocycles. The highest BCUT2D eigenvalue weighted by Gasteiger charge is 2.32. The molecule has 3 atom stereocenters. The monoisotopic (exact) mass is 270 g/mol. The van der Waals surface area contributed by atoms with E-state index in [0.717, 1.165) is 19.3 Å². The Hall–Kier alpha value is -0.400. The summed E-state index contributed by atoms with van der Waals surface area (Å²) in [5.74, 6) is 1.82. The Labute approximate surface area is 118 Å². The molecule has 112 valence electrons. The van der Waals surface area contributed by atoms with Crippen molar-refractivity contribution in [1.29, 1.82) is 0 Å². The average Bonchev–Trinajstić information content (AvgIpc) is 2.24. The number of hydrogen-bond donors (Lipinski definition) is 0. The van der Waals surface area contributed by atoms with Crippen LogP contribution in [0.3, 0.4) is 0 Å². The Morgan fingerprint density at radius 2 is 2.00 bits per heavy atom. The largest absolute Gasteiger partial charge is 0.300 e. The topological polar surface area (TPSA) is 17.1 Å². The van der Waals surface area contributed by atoms with Crippen LogP contribution in [0.1, 0.15) is 79.1 Å². The zero-order chi connectivity index (χ0) is 14.5. The van der Waals surface area contributed by atoms with Gasteiger partial charge in [0.05, 0.1) is 0 Å². The highest BCUT2D eigenvalue weighted by molar-refractivity contribution is 5.78. The van der Waals surface area contributed by atoms with Gasteiger partial charge in [-0.2, -0.15) is 0 Å². The van der Waals surface area contributed by atoms with Crippen LogP contribution in [-0.4, -0.2) is 11.5 Å². The number of ketones is 1. The van der Waals surface area contributed by atoms with Gasteiger partial charge in [0.1, 0.15) is 11.5 Å². The molecule has 1 fully saturated rings. The maximum absolute atomic E-state index is 13.9. The Balaban J connectivity index is 2.27. The first kappa shape index (κ1) is 16.7. The van der Waals surface area contributed by atoms with E-state index >= 15 is 0 Å². The Bertz CT molecular complexity index is 283. The third-order valence-electron chi connectivity index (χ3n) is 4.35. The molecule has 0 spiro atoms. The maximum Gasteiger partial charge on any atom is 0.133 e. The third kappa shape index (κ3) is 7.08. The normalized spacial score (nSPS) is 29.5. The van der Waals surface area contributed by atoms with E-state index in [-0.39, 0.29) is 5.92 Å². The van der Waals surface area contributed by atoms with Crippen LogP contribution in [-0.2, 0) is 4.79 Å². The highest BCUT2D eigenvalue weighted by Crippen LogP contribution is 2.37. The quantitative estimate of drug-likeness (QED) is 0.611. The van der Waals surface area contributed by atoms with E-state index in [1.807, 2.05) is 0 Å². The van der Waals surface area contributed by atoms with Crippen molar-refractivity contribution in [2.45, 2.75) is 84.7 Å². The molecule has 0 heterocycles. The van der Waals surface area contributed by atoms with Crippen molar-refractivity contribution in [3.63, 3.8) is 0 Å². The zero-order valence-electron chi connectivity index (χ0n) is 13.2. The van der Waals surface area contributed by atoms with Crippen molar-refractivity contribution >= 4 is 5.78 Å². The molecule has 2 heteroatoms. The summed E-state index contributed by atoms with van der Waals surface area (Å²) in [4.78, 5) is 12.1. The molecule has 1 aliphatic carbocycles. The lowest BCUT2D eigenvalue weighted by atomic mass is 9.77. The summed E-state index contributed by atoms with van der Waals surface area (Å²) >= 11 is 0. The number of halogens is 1. The maximum atomic E-state index is 13.9. The van der Waals surface area contributed by atoms with E-state index in [2.05, 4.69) is 20.8 Å². The molecule has 0 bridgehead atoms. The minimum Gasteiger partial charge on any atom is -0.300 e. The van der Waals surface area contributed by atoms with Crippen molar-refractivity contribution in [3.8, 4) is 0 Å². The van der Waals surface area contributed by atoms with Gasteiger partial charge in [0.25, 0.3) is 0 Å². The summed E-state index contributed by atoms with van der Waals surface area (Å²) in [5, 5.41) is 0. The van der Waals surface area contributed by atoms with Crippen LogP contribution in [0, 0.1) is 17.8 Å². The van der Waals surface area contributed by atoms with Crippen LogP contribution in [0.5, 0.6) is 0 Å². The van der Waals surface area contributed by atoms with Crippen molar-refractivity contribution in [2.24, 2.45) is 17.8 Å². The van der Waals surface area contributed by atoms with Crippen LogP contribution in [0.2, 0.25) is 0 Å². The van der Waals surface area contributed by atoms with Crippen LogP contribution < -0.4 is 0 Å². The first-order valence-corrected chi connectivity index (χ1v) is 7.99. The molecule has 0 saturated heterocycles. The van der Waals surface area contributed by atoms with Gasteiger partial charge in [0, 0.05) is 12.8 Å². The lowest BCUT2D eigenvalue weighted by Gasteiger charge is -2.31. The van der Waals surface area contributed by atoms with Crippen LogP contribution in [0.15, 0.2) is 0 Å². The summed E-state index contributed by atoms with van der Waals surface area (Å²) in [6.07, 6.45) is 6.84. The van der Waals surface area contributed by atoms with Gasteiger partial charge in [-0.05, 0) is 50.4 Å². The lowest BCUT2D eigenvalue weighted by molar-refractivity contribution is -0.121. The lowest BCUT2D eigenvalue weighted by Crippen LogP contribution is -2.28. The minimum absolute atomic E-state index is 0.286. The molecule has 1 saturated carbocycles. The summed E-state index contributed by atoms with van der Waals surface area (Å²) in [5.41, 5.74) is -1.04. The molecule has 19 heavy (non-hydrogen) atoms. The molecule has 1 nitrogen and oxygen atoms in total. The molecule has 1 rings (SSSR count). The van der Waals surface area contributed by atoms with Crippen molar-refractivity contribution in [1.82, 2.24) is 0 Å². The SMILES string of the molecule is CC(C)CCC(C)CC(=O)CC1CCCC(C)(F)C1. The van der Waals surface area contributed by atoms with Crippen LogP contribution in [0.4, 0.5) is 4.39 Å². The van der Waals surface area contributed by atoms with E-state index in [0.29, 0.717) is 43.3 Å². The number of Topliss-reactive ketones (excluding diaryl/α,β-unsaturated/α-hetero) is 1. The molecular formula is C17H31FO. The van der Waals surface area contributed by atoms with Gasteiger partial charge < -0.3 is 0 Å².